The summed E-state index contributed by atoms with van der Waals surface area (Å²) in [7, 11) is 2.01. The first-order valence-corrected chi connectivity index (χ1v) is 7.49. The predicted octanol–water partition coefficient (Wildman–Crippen LogP) is 1.86. The second kappa shape index (κ2) is 10.1. The zero-order valence-corrected chi connectivity index (χ0v) is 15.5. The van der Waals surface area contributed by atoms with E-state index in [1.165, 1.54) is 0 Å². The molecule has 1 saturated heterocycles. The number of guanidine groups is 1. The van der Waals surface area contributed by atoms with Gasteiger partial charge in [-0.25, -0.2) is 4.99 Å². The average Bonchev–Trinajstić information content (AvgIpc) is 3.15. The molecule has 0 saturated carbocycles. The van der Waals surface area contributed by atoms with Crippen LogP contribution in [0.25, 0.3) is 0 Å². The molecule has 1 aromatic heterocycles. The number of ether oxygens (including phenoxy) is 1. The number of hydrogen-bond donors (Lipinski definition) is 2. The Labute approximate surface area is 148 Å². The van der Waals surface area contributed by atoms with E-state index in [0.717, 1.165) is 38.7 Å². The predicted molar refractivity (Wildman–Crippen MR) is 96.6 cm³/mol. The van der Waals surface area contributed by atoms with Crippen LogP contribution in [0.1, 0.15) is 25.2 Å². The van der Waals surface area contributed by atoms with Crippen molar-refractivity contribution in [3.8, 4) is 0 Å². The molecule has 126 valence electrons. The van der Waals surface area contributed by atoms with Gasteiger partial charge < -0.3 is 24.5 Å². The molecule has 2 N–H and O–H groups in total. The molecule has 0 aromatic carbocycles. The number of aliphatic hydroxyl groups is 1. The zero-order valence-electron chi connectivity index (χ0n) is 13.2. The number of aliphatic imine (C=N–C) groups is 1. The van der Waals surface area contributed by atoms with Gasteiger partial charge in [0, 0.05) is 32.7 Å². The van der Waals surface area contributed by atoms with Gasteiger partial charge in [-0.15, -0.1) is 24.0 Å². The fraction of sp³-hybridized carbons (Fsp3) is 0.667. The van der Waals surface area contributed by atoms with Gasteiger partial charge in [-0.1, -0.05) is 0 Å². The summed E-state index contributed by atoms with van der Waals surface area (Å²) < 4.78 is 10.6. The number of nitrogens with zero attached hydrogens (tertiary/aromatic N) is 2. The standard InChI is InChI=1S/C15H25N3O3.HI/c1-3-16-15(18(2)10-12-6-8-20-11-12)17-9-13(19)14-5-4-7-21-14;/h4-5,7,12-13,19H,3,6,8-11H2,1-2H3,(H,16,17);1H. The Kier molecular flexibility index (Phi) is 8.81. The highest BCUT2D eigenvalue weighted by molar-refractivity contribution is 14.0. The lowest BCUT2D eigenvalue weighted by Gasteiger charge is -2.24. The maximum atomic E-state index is 10.0. The van der Waals surface area contributed by atoms with Crippen LogP contribution in [0, 0.1) is 5.92 Å². The second-order valence-electron chi connectivity index (χ2n) is 5.34. The first kappa shape index (κ1) is 19.2. The summed E-state index contributed by atoms with van der Waals surface area (Å²) in [5, 5.41) is 13.3. The molecule has 1 aromatic rings. The van der Waals surface area contributed by atoms with Crippen molar-refractivity contribution < 1.29 is 14.3 Å². The highest BCUT2D eigenvalue weighted by Crippen LogP contribution is 2.15. The van der Waals surface area contributed by atoms with Gasteiger partial charge in [-0.3, -0.25) is 0 Å². The minimum absolute atomic E-state index is 0. The molecule has 6 nitrogen and oxygen atoms in total. The summed E-state index contributed by atoms with van der Waals surface area (Å²) in [4.78, 5) is 6.59. The summed E-state index contributed by atoms with van der Waals surface area (Å²) >= 11 is 0. The third-order valence-electron chi connectivity index (χ3n) is 3.54. The van der Waals surface area contributed by atoms with Crippen LogP contribution >= 0.6 is 24.0 Å². The molecule has 2 heterocycles. The van der Waals surface area contributed by atoms with E-state index in [2.05, 4.69) is 15.2 Å². The minimum atomic E-state index is -0.711. The lowest BCUT2D eigenvalue weighted by Crippen LogP contribution is -2.41. The second-order valence-corrected chi connectivity index (χ2v) is 5.34. The quantitative estimate of drug-likeness (QED) is 0.416. The minimum Gasteiger partial charge on any atom is -0.467 e. The van der Waals surface area contributed by atoms with E-state index in [1.54, 1.807) is 18.4 Å². The van der Waals surface area contributed by atoms with Crippen molar-refractivity contribution in [3.05, 3.63) is 24.2 Å². The fourth-order valence-electron chi connectivity index (χ4n) is 2.41. The number of nitrogens with one attached hydrogen (secondary N) is 1. The van der Waals surface area contributed by atoms with Gasteiger partial charge in [0.25, 0.3) is 0 Å². The molecule has 1 aliphatic rings. The van der Waals surface area contributed by atoms with E-state index in [-0.39, 0.29) is 30.5 Å². The van der Waals surface area contributed by atoms with Gasteiger partial charge in [0.05, 0.1) is 19.4 Å². The highest BCUT2D eigenvalue weighted by Gasteiger charge is 2.19. The maximum absolute atomic E-state index is 10.0. The van der Waals surface area contributed by atoms with E-state index in [0.29, 0.717) is 11.7 Å². The van der Waals surface area contributed by atoms with Crippen LogP contribution in [0.2, 0.25) is 0 Å². The molecule has 7 heteroatoms. The highest BCUT2D eigenvalue weighted by atomic mass is 127. The van der Waals surface area contributed by atoms with Crippen molar-refractivity contribution in [2.24, 2.45) is 10.9 Å². The van der Waals surface area contributed by atoms with Gasteiger partial charge in [-0.05, 0) is 25.5 Å². The van der Waals surface area contributed by atoms with Crippen LogP contribution < -0.4 is 5.32 Å². The topological polar surface area (TPSA) is 70.2 Å². The van der Waals surface area contributed by atoms with Crippen molar-refractivity contribution in [3.63, 3.8) is 0 Å². The van der Waals surface area contributed by atoms with Crippen molar-refractivity contribution in [2.75, 3.05) is 39.9 Å². The Bertz CT molecular complexity index is 433. The monoisotopic (exact) mass is 423 g/mol. The molecular weight excluding hydrogens is 397 g/mol. The molecule has 22 heavy (non-hydrogen) atoms. The van der Waals surface area contributed by atoms with E-state index in [9.17, 15) is 5.11 Å². The number of furan rings is 1. The van der Waals surface area contributed by atoms with Crippen LogP contribution in [-0.2, 0) is 4.74 Å². The summed E-state index contributed by atoms with van der Waals surface area (Å²) in [5.74, 6) is 1.89. The molecule has 2 rings (SSSR count). The van der Waals surface area contributed by atoms with Gasteiger partial charge in [-0.2, -0.15) is 0 Å². The van der Waals surface area contributed by atoms with Crippen LogP contribution in [0.4, 0.5) is 0 Å². The third kappa shape index (κ3) is 5.77. The van der Waals surface area contributed by atoms with Crippen LogP contribution in [-0.4, -0.2) is 55.9 Å². The lowest BCUT2D eigenvalue weighted by molar-refractivity contribution is 0.158. The van der Waals surface area contributed by atoms with E-state index < -0.39 is 6.10 Å². The summed E-state index contributed by atoms with van der Waals surface area (Å²) in [6.45, 7) is 5.68. The molecule has 1 aliphatic heterocycles. The first-order valence-electron chi connectivity index (χ1n) is 7.49. The molecule has 1 fully saturated rings. The Balaban J connectivity index is 0.00000242. The smallest absolute Gasteiger partial charge is 0.193 e. The lowest BCUT2D eigenvalue weighted by atomic mass is 10.1. The van der Waals surface area contributed by atoms with Gasteiger partial charge in [0.15, 0.2) is 5.96 Å². The number of rotatable bonds is 6. The number of hydrogen-bond acceptors (Lipinski definition) is 4. The molecular formula is C15H26IN3O3. The average molecular weight is 423 g/mol. The normalized spacial score (nSPS) is 19.6. The molecule has 0 radical (unpaired) electrons. The van der Waals surface area contributed by atoms with Crippen LogP contribution in [0.3, 0.4) is 0 Å². The largest absolute Gasteiger partial charge is 0.467 e. The van der Waals surface area contributed by atoms with Crippen molar-refractivity contribution in [1.82, 2.24) is 10.2 Å². The van der Waals surface area contributed by atoms with Crippen molar-refractivity contribution in [2.45, 2.75) is 19.4 Å². The fourth-order valence-corrected chi connectivity index (χ4v) is 2.41. The van der Waals surface area contributed by atoms with Gasteiger partial charge in [0.1, 0.15) is 11.9 Å². The van der Waals surface area contributed by atoms with Crippen molar-refractivity contribution in [1.29, 1.82) is 0 Å². The van der Waals surface area contributed by atoms with E-state index in [1.807, 2.05) is 14.0 Å². The summed E-state index contributed by atoms with van der Waals surface area (Å²) in [6.07, 6.45) is 1.94. The van der Waals surface area contributed by atoms with Crippen LogP contribution in [0.5, 0.6) is 0 Å². The first-order chi connectivity index (χ1) is 10.2. The molecule has 0 spiro atoms. The summed E-state index contributed by atoms with van der Waals surface area (Å²) in [6, 6.07) is 3.52. The SMILES string of the molecule is CCNC(=NCC(O)c1ccco1)N(C)CC1CCOC1.I. The van der Waals surface area contributed by atoms with Gasteiger partial charge >= 0.3 is 0 Å². The molecule has 0 amide bonds. The number of halogens is 1. The Hall–Kier alpha value is -0.800. The Morgan fingerprint density at radius 3 is 3.00 bits per heavy atom. The third-order valence-corrected chi connectivity index (χ3v) is 3.54. The molecule has 0 bridgehead atoms. The van der Waals surface area contributed by atoms with Crippen molar-refractivity contribution >= 4 is 29.9 Å². The molecule has 0 aliphatic carbocycles. The number of aliphatic hydroxyl groups excluding tert-OH is 1. The van der Waals surface area contributed by atoms with E-state index in [4.69, 9.17) is 9.15 Å². The Morgan fingerprint density at radius 1 is 1.59 bits per heavy atom. The maximum Gasteiger partial charge on any atom is 0.193 e. The Morgan fingerprint density at radius 2 is 2.41 bits per heavy atom. The van der Waals surface area contributed by atoms with Gasteiger partial charge in [0.2, 0.25) is 0 Å². The van der Waals surface area contributed by atoms with E-state index >= 15 is 0 Å². The molecule has 2 atom stereocenters. The zero-order chi connectivity index (χ0) is 15.1. The molecule has 2 unspecified atom stereocenters. The summed E-state index contributed by atoms with van der Waals surface area (Å²) in [5.41, 5.74) is 0. The van der Waals surface area contributed by atoms with Crippen LogP contribution in [0.15, 0.2) is 27.8 Å².